The van der Waals surface area contributed by atoms with Gasteiger partial charge in [-0.05, 0) is 19.3 Å². The Balaban J connectivity index is 2.30. The van der Waals surface area contributed by atoms with Crippen LogP contribution in [0.5, 0.6) is 0 Å². The Labute approximate surface area is 92.9 Å². The van der Waals surface area contributed by atoms with Crippen molar-refractivity contribution in [2.45, 2.75) is 38.3 Å². The first-order chi connectivity index (χ1) is 7.54. The monoisotopic (exact) mass is 225 g/mol. The SMILES string of the molecule is C[C@@H]1CCCC[C@@]1(O)n1cc(C(=O)O)nn1. The highest BCUT2D eigenvalue weighted by molar-refractivity contribution is 5.84. The van der Waals surface area contributed by atoms with Gasteiger partial charge in [-0.2, -0.15) is 0 Å². The zero-order valence-corrected chi connectivity index (χ0v) is 9.13. The zero-order chi connectivity index (χ0) is 11.8. The van der Waals surface area contributed by atoms with Crippen LogP contribution in [0.25, 0.3) is 0 Å². The third-order valence-corrected chi connectivity index (χ3v) is 3.33. The summed E-state index contributed by atoms with van der Waals surface area (Å²) in [6.45, 7) is 1.95. The minimum atomic E-state index is -1.13. The highest BCUT2D eigenvalue weighted by atomic mass is 16.4. The molecule has 1 aliphatic rings. The van der Waals surface area contributed by atoms with Crippen molar-refractivity contribution in [3.8, 4) is 0 Å². The fraction of sp³-hybridized carbons (Fsp3) is 0.700. The summed E-state index contributed by atoms with van der Waals surface area (Å²) < 4.78 is 1.29. The number of carboxylic acids is 1. The average Bonchev–Trinajstić information content (AvgIpc) is 2.72. The minimum Gasteiger partial charge on any atom is -0.476 e. The van der Waals surface area contributed by atoms with Crippen molar-refractivity contribution in [2.24, 2.45) is 5.92 Å². The van der Waals surface area contributed by atoms with E-state index in [1.165, 1.54) is 10.9 Å². The molecule has 0 bridgehead atoms. The molecule has 6 nitrogen and oxygen atoms in total. The van der Waals surface area contributed by atoms with Crippen molar-refractivity contribution >= 4 is 5.97 Å². The maximum atomic E-state index is 10.7. The molecule has 0 amide bonds. The van der Waals surface area contributed by atoms with Crippen LogP contribution >= 0.6 is 0 Å². The summed E-state index contributed by atoms with van der Waals surface area (Å²) in [5.41, 5.74) is -1.22. The molecule has 1 saturated carbocycles. The third kappa shape index (κ3) is 1.69. The lowest BCUT2D eigenvalue weighted by Gasteiger charge is -2.37. The molecule has 1 aromatic rings. The van der Waals surface area contributed by atoms with Gasteiger partial charge in [-0.3, -0.25) is 0 Å². The molecule has 1 heterocycles. The van der Waals surface area contributed by atoms with Gasteiger partial charge in [0.25, 0.3) is 0 Å². The minimum absolute atomic E-state index is 0.0598. The van der Waals surface area contributed by atoms with Gasteiger partial charge in [-0.1, -0.05) is 18.6 Å². The molecule has 2 atom stereocenters. The fourth-order valence-electron chi connectivity index (χ4n) is 2.20. The number of aromatic carboxylic acids is 1. The number of aromatic nitrogens is 3. The Morgan fingerprint density at radius 2 is 2.38 bits per heavy atom. The van der Waals surface area contributed by atoms with Gasteiger partial charge in [-0.15, -0.1) is 5.10 Å². The molecule has 1 aromatic heterocycles. The molecule has 0 aromatic carbocycles. The molecular formula is C10H15N3O3. The predicted molar refractivity (Wildman–Crippen MR) is 54.8 cm³/mol. The number of rotatable bonds is 2. The van der Waals surface area contributed by atoms with E-state index in [1.54, 1.807) is 0 Å². The molecule has 1 aliphatic carbocycles. The van der Waals surface area contributed by atoms with E-state index in [0.29, 0.717) is 6.42 Å². The van der Waals surface area contributed by atoms with Crippen molar-refractivity contribution in [1.82, 2.24) is 15.0 Å². The highest BCUT2D eigenvalue weighted by Crippen LogP contribution is 2.36. The molecule has 1 fully saturated rings. The molecule has 0 radical (unpaired) electrons. The molecular weight excluding hydrogens is 210 g/mol. The topological polar surface area (TPSA) is 88.2 Å². The molecule has 6 heteroatoms. The number of aliphatic hydroxyl groups is 1. The summed E-state index contributed by atoms with van der Waals surface area (Å²) in [5, 5.41) is 26.5. The zero-order valence-electron chi connectivity index (χ0n) is 9.13. The summed E-state index contributed by atoms with van der Waals surface area (Å²) in [4.78, 5) is 10.7. The predicted octanol–water partition coefficient (Wildman–Crippen LogP) is 0.831. The Bertz CT molecular complexity index is 404. The molecule has 0 saturated heterocycles. The summed E-state index contributed by atoms with van der Waals surface area (Å²) in [6, 6.07) is 0. The quantitative estimate of drug-likeness (QED) is 0.778. The van der Waals surface area contributed by atoms with Crippen LogP contribution in [0.4, 0.5) is 0 Å². The van der Waals surface area contributed by atoms with Crippen LogP contribution in [-0.2, 0) is 5.72 Å². The van der Waals surface area contributed by atoms with Crippen molar-refractivity contribution in [3.63, 3.8) is 0 Å². The van der Waals surface area contributed by atoms with Crippen LogP contribution in [0.1, 0.15) is 43.1 Å². The maximum absolute atomic E-state index is 10.7. The van der Waals surface area contributed by atoms with Gasteiger partial charge < -0.3 is 10.2 Å². The van der Waals surface area contributed by atoms with Crippen LogP contribution < -0.4 is 0 Å². The lowest BCUT2D eigenvalue weighted by atomic mass is 9.82. The van der Waals surface area contributed by atoms with Crippen molar-refractivity contribution < 1.29 is 15.0 Å². The van der Waals surface area contributed by atoms with Gasteiger partial charge in [0, 0.05) is 5.92 Å². The van der Waals surface area contributed by atoms with E-state index in [4.69, 9.17) is 5.11 Å². The Morgan fingerprint density at radius 3 is 2.94 bits per heavy atom. The molecule has 88 valence electrons. The van der Waals surface area contributed by atoms with Gasteiger partial charge in [-0.25, -0.2) is 9.48 Å². The number of carbonyl (C=O) groups is 1. The Kier molecular flexibility index (Phi) is 2.67. The molecule has 16 heavy (non-hydrogen) atoms. The van der Waals surface area contributed by atoms with E-state index in [2.05, 4.69) is 10.3 Å². The van der Waals surface area contributed by atoms with Crippen molar-refractivity contribution in [1.29, 1.82) is 0 Å². The molecule has 2 N–H and O–H groups in total. The van der Waals surface area contributed by atoms with Crippen molar-refractivity contribution in [2.75, 3.05) is 0 Å². The fourth-order valence-corrected chi connectivity index (χ4v) is 2.20. The average molecular weight is 225 g/mol. The second-order valence-electron chi connectivity index (χ2n) is 4.38. The second kappa shape index (κ2) is 3.86. The summed E-state index contributed by atoms with van der Waals surface area (Å²) in [7, 11) is 0. The van der Waals surface area contributed by atoms with Gasteiger partial charge in [0.05, 0.1) is 6.20 Å². The van der Waals surface area contributed by atoms with Gasteiger partial charge >= 0.3 is 5.97 Å². The largest absolute Gasteiger partial charge is 0.476 e. The van der Waals surface area contributed by atoms with E-state index in [9.17, 15) is 9.90 Å². The highest BCUT2D eigenvalue weighted by Gasteiger charge is 2.39. The van der Waals surface area contributed by atoms with Crippen LogP contribution in [-0.4, -0.2) is 31.2 Å². The lowest BCUT2D eigenvalue weighted by molar-refractivity contribution is -0.121. The van der Waals surface area contributed by atoms with E-state index in [-0.39, 0.29) is 11.6 Å². The first-order valence-electron chi connectivity index (χ1n) is 5.42. The van der Waals surface area contributed by atoms with E-state index in [1.807, 2.05) is 6.92 Å². The number of carboxylic acid groups (broad SMARTS) is 1. The second-order valence-corrected chi connectivity index (χ2v) is 4.38. The molecule has 0 unspecified atom stereocenters. The number of hydrogen-bond donors (Lipinski definition) is 2. The van der Waals surface area contributed by atoms with E-state index < -0.39 is 11.7 Å². The van der Waals surface area contributed by atoms with Crippen LogP contribution in [0.2, 0.25) is 0 Å². The van der Waals surface area contributed by atoms with E-state index in [0.717, 1.165) is 19.3 Å². The first kappa shape index (κ1) is 11.1. The Hall–Kier alpha value is -1.43. The number of nitrogens with zero attached hydrogens (tertiary/aromatic N) is 3. The van der Waals surface area contributed by atoms with Crippen molar-refractivity contribution in [3.05, 3.63) is 11.9 Å². The first-order valence-corrected chi connectivity index (χ1v) is 5.42. The van der Waals surface area contributed by atoms with Gasteiger partial charge in [0.2, 0.25) is 0 Å². The molecule has 2 rings (SSSR count). The molecule has 0 aliphatic heterocycles. The molecule has 0 spiro atoms. The number of hydrogen-bond acceptors (Lipinski definition) is 4. The van der Waals surface area contributed by atoms with Crippen LogP contribution in [0.3, 0.4) is 0 Å². The van der Waals surface area contributed by atoms with E-state index >= 15 is 0 Å². The maximum Gasteiger partial charge on any atom is 0.358 e. The van der Waals surface area contributed by atoms with Gasteiger partial charge in [0.15, 0.2) is 11.4 Å². The van der Waals surface area contributed by atoms with Crippen LogP contribution in [0, 0.1) is 5.92 Å². The third-order valence-electron chi connectivity index (χ3n) is 3.33. The standard InChI is InChI=1S/C10H15N3O3/c1-7-4-2-3-5-10(7,16)13-6-8(9(14)15)11-12-13/h6-7,16H,2-5H2,1H3,(H,14,15)/t7-,10+/m1/s1. The summed E-state index contributed by atoms with van der Waals surface area (Å²) in [6.07, 6.45) is 4.81. The summed E-state index contributed by atoms with van der Waals surface area (Å²) in [5.74, 6) is -1.07. The van der Waals surface area contributed by atoms with Crippen LogP contribution in [0.15, 0.2) is 6.20 Å². The smallest absolute Gasteiger partial charge is 0.358 e. The summed E-state index contributed by atoms with van der Waals surface area (Å²) >= 11 is 0. The lowest BCUT2D eigenvalue weighted by Crippen LogP contribution is -2.42. The van der Waals surface area contributed by atoms with Gasteiger partial charge in [0.1, 0.15) is 0 Å². The normalized spacial score (nSPS) is 30.2. The Morgan fingerprint density at radius 1 is 1.62 bits per heavy atom.